The van der Waals surface area contributed by atoms with Crippen LogP contribution >= 0.6 is 0 Å². The maximum Gasteiger partial charge on any atom is 0.416 e. The lowest BCUT2D eigenvalue weighted by molar-refractivity contribution is -0.137. The Kier molecular flexibility index (Phi) is 6.60. The average molecular weight is 484 g/mol. The maximum absolute atomic E-state index is 13.0. The minimum absolute atomic E-state index is 0.0109. The molecule has 3 atom stereocenters. The first-order valence-corrected chi connectivity index (χ1v) is 11.7. The van der Waals surface area contributed by atoms with E-state index in [2.05, 4.69) is 34.7 Å². The number of anilines is 1. The van der Waals surface area contributed by atoms with Gasteiger partial charge in [-0.05, 0) is 56.2 Å². The molecular weight excluding hydrogens is 455 g/mol. The van der Waals surface area contributed by atoms with Gasteiger partial charge in [-0.1, -0.05) is 19.1 Å². The molecule has 9 heteroatoms. The summed E-state index contributed by atoms with van der Waals surface area (Å²) < 4.78 is 40.5. The molecule has 3 aromatic rings. The number of nitriles is 1. The third-order valence-electron chi connectivity index (χ3n) is 7.06. The number of aromatic nitrogens is 2. The summed E-state index contributed by atoms with van der Waals surface area (Å²) >= 11 is 0. The lowest BCUT2D eigenvalue weighted by atomic mass is 9.97. The quantitative estimate of drug-likeness (QED) is 0.530. The second-order valence-corrected chi connectivity index (χ2v) is 9.18. The van der Waals surface area contributed by atoms with Gasteiger partial charge < -0.3 is 4.90 Å². The van der Waals surface area contributed by atoms with Crippen molar-refractivity contribution in [3.8, 4) is 6.07 Å². The van der Waals surface area contributed by atoms with Crippen LogP contribution in [0.5, 0.6) is 0 Å². The number of fused-ring (bicyclic) bond motifs is 1. The number of hydrogen-bond donors (Lipinski definition) is 0. The number of aryl methyl sites for hydroxylation is 1. The van der Waals surface area contributed by atoms with E-state index in [1.165, 1.54) is 4.57 Å². The molecule has 1 aliphatic rings. The van der Waals surface area contributed by atoms with Crippen molar-refractivity contribution in [2.45, 2.75) is 51.5 Å². The standard InChI is InChI=1S/C26H28F3N5O/c1-5-21-15-33(24-22-12-18(13-30)6-11-23(22)32(4)25(35)31-24)16(2)14-34(21)17(3)19-7-9-20(10-8-19)26(27,28)29/h6-12,16-17,21H,5,14-15H2,1-4H3/t16-,17?,21+/m0/s1. The number of benzene rings is 2. The van der Waals surface area contributed by atoms with Gasteiger partial charge in [0.25, 0.3) is 0 Å². The van der Waals surface area contributed by atoms with Gasteiger partial charge in [0.15, 0.2) is 0 Å². The Bertz CT molecular complexity index is 1330. The van der Waals surface area contributed by atoms with E-state index in [1.807, 2.05) is 6.92 Å². The number of rotatable bonds is 4. The fraction of sp³-hybridized carbons (Fsp3) is 0.423. The van der Waals surface area contributed by atoms with Crippen LogP contribution in [0.25, 0.3) is 10.9 Å². The second-order valence-electron chi connectivity index (χ2n) is 9.18. The van der Waals surface area contributed by atoms with Gasteiger partial charge in [-0.3, -0.25) is 9.47 Å². The Hall–Kier alpha value is -3.38. The van der Waals surface area contributed by atoms with Crippen molar-refractivity contribution in [2.24, 2.45) is 7.05 Å². The minimum atomic E-state index is -4.36. The van der Waals surface area contributed by atoms with E-state index in [9.17, 15) is 23.2 Å². The molecule has 0 amide bonds. The molecule has 35 heavy (non-hydrogen) atoms. The molecule has 1 fully saturated rings. The lowest BCUT2D eigenvalue weighted by Gasteiger charge is -2.48. The van der Waals surface area contributed by atoms with Gasteiger partial charge in [0.1, 0.15) is 5.82 Å². The molecule has 2 heterocycles. The average Bonchev–Trinajstić information content (AvgIpc) is 2.85. The fourth-order valence-electron chi connectivity index (χ4n) is 4.96. The van der Waals surface area contributed by atoms with E-state index in [0.717, 1.165) is 29.5 Å². The SMILES string of the molecule is CC[C@@H]1CN(c2nc(=O)n(C)c3ccc(C#N)cc23)[C@@H](C)CN1C(C)c1ccc(C(F)(F)F)cc1. The van der Waals surface area contributed by atoms with E-state index < -0.39 is 11.7 Å². The Morgan fingerprint density at radius 3 is 2.46 bits per heavy atom. The fourth-order valence-corrected chi connectivity index (χ4v) is 4.96. The summed E-state index contributed by atoms with van der Waals surface area (Å²) in [6.45, 7) is 7.40. The Morgan fingerprint density at radius 2 is 1.86 bits per heavy atom. The van der Waals surface area contributed by atoms with Gasteiger partial charge in [-0.2, -0.15) is 23.4 Å². The van der Waals surface area contributed by atoms with Crippen LogP contribution in [-0.2, 0) is 13.2 Å². The van der Waals surface area contributed by atoms with Crippen LogP contribution in [0.4, 0.5) is 19.0 Å². The lowest BCUT2D eigenvalue weighted by Crippen LogP contribution is -2.58. The van der Waals surface area contributed by atoms with E-state index in [1.54, 1.807) is 37.4 Å². The predicted octanol–water partition coefficient (Wildman–Crippen LogP) is 4.87. The third kappa shape index (κ3) is 4.63. The topological polar surface area (TPSA) is 65.2 Å². The largest absolute Gasteiger partial charge is 0.416 e. The van der Waals surface area contributed by atoms with E-state index in [4.69, 9.17) is 0 Å². The van der Waals surface area contributed by atoms with Crippen molar-refractivity contribution in [1.82, 2.24) is 14.5 Å². The normalized spacial score (nSPS) is 20.1. The molecule has 0 spiro atoms. The number of hydrogen-bond acceptors (Lipinski definition) is 5. The molecular formula is C26H28F3N5O. The van der Waals surface area contributed by atoms with Crippen LogP contribution in [0.15, 0.2) is 47.3 Å². The number of alkyl halides is 3. The molecule has 6 nitrogen and oxygen atoms in total. The van der Waals surface area contributed by atoms with Crippen molar-refractivity contribution in [3.63, 3.8) is 0 Å². The molecule has 1 saturated heterocycles. The van der Waals surface area contributed by atoms with E-state index in [-0.39, 0.29) is 23.8 Å². The zero-order valence-corrected chi connectivity index (χ0v) is 20.2. The predicted molar refractivity (Wildman–Crippen MR) is 129 cm³/mol. The maximum atomic E-state index is 13.0. The van der Waals surface area contributed by atoms with Gasteiger partial charge in [-0.25, -0.2) is 4.79 Å². The van der Waals surface area contributed by atoms with Crippen molar-refractivity contribution in [3.05, 3.63) is 69.6 Å². The van der Waals surface area contributed by atoms with Gasteiger partial charge in [-0.15, -0.1) is 0 Å². The summed E-state index contributed by atoms with van der Waals surface area (Å²) in [5.41, 5.74) is 1.01. The monoisotopic (exact) mass is 483 g/mol. The van der Waals surface area contributed by atoms with Crippen LogP contribution in [0.2, 0.25) is 0 Å². The number of piperazine rings is 1. The molecule has 1 aliphatic heterocycles. The van der Waals surface area contributed by atoms with Crippen molar-refractivity contribution < 1.29 is 13.2 Å². The van der Waals surface area contributed by atoms with Crippen molar-refractivity contribution >= 4 is 16.7 Å². The van der Waals surface area contributed by atoms with Gasteiger partial charge in [0, 0.05) is 43.6 Å². The summed E-state index contributed by atoms with van der Waals surface area (Å²) in [5, 5.41) is 10.1. The third-order valence-corrected chi connectivity index (χ3v) is 7.06. The molecule has 0 aliphatic carbocycles. The Labute approximate surface area is 202 Å². The molecule has 0 saturated carbocycles. The number of halogens is 3. The molecule has 1 unspecified atom stereocenters. The highest BCUT2D eigenvalue weighted by Gasteiger charge is 2.36. The molecule has 0 radical (unpaired) electrons. The van der Waals surface area contributed by atoms with Crippen LogP contribution < -0.4 is 10.6 Å². The molecule has 0 bridgehead atoms. The summed E-state index contributed by atoms with van der Waals surface area (Å²) in [7, 11) is 1.66. The first-order chi connectivity index (χ1) is 16.5. The molecule has 4 rings (SSSR count). The van der Waals surface area contributed by atoms with Gasteiger partial charge in [0.2, 0.25) is 0 Å². The summed E-state index contributed by atoms with van der Waals surface area (Å²) in [4.78, 5) is 21.4. The van der Waals surface area contributed by atoms with Gasteiger partial charge >= 0.3 is 11.9 Å². The number of nitrogens with zero attached hydrogens (tertiary/aromatic N) is 5. The van der Waals surface area contributed by atoms with E-state index >= 15 is 0 Å². The summed E-state index contributed by atoms with van der Waals surface area (Å²) in [5.74, 6) is 0.563. The van der Waals surface area contributed by atoms with Gasteiger partial charge in [0.05, 0.1) is 22.7 Å². The zero-order chi connectivity index (χ0) is 25.5. The molecule has 0 N–H and O–H groups in total. The van der Waals surface area contributed by atoms with Crippen LogP contribution in [0.1, 0.15) is 49.9 Å². The summed E-state index contributed by atoms with van der Waals surface area (Å²) in [6.07, 6.45) is -3.54. The Balaban J connectivity index is 1.67. The molecule has 2 aromatic carbocycles. The zero-order valence-electron chi connectivity index (χ0n) is 20.2. The summed E-state index contributed by atoms with van der Waals surface area (Å²) in [6, 6.07) is 12.8. The van der Waals surface area contributed by atoms with Crippen molar-refractivity contribution in [2.75, 3.05) is 18.0 Å². The van der Waals surface area contributed by atoms with Crippen LogP contribution in [0.3, 0.4) is 0 Å². The highest BCUT2D eigenvalue weighted by atomic mass is 19.4. The first kappa shape index (κ1) is 24.7. The second kappa shape index (κ2) is 9.34. The van der Waals surface area contributed by atoms with Crippen molar-refractivity contribution in [1.29, 1.82) is 5.26 Å². The smallest absolute Gasteiger partial charge is 0.350 e. The Morgan fingerprint density at radius 1 is 1.17 bits per heavy atom. The van der Waals surface area contributed by atoms with E-state index in [0.29, 0.717) is 30.0 Å². The molecule has 184 valence electrons. The minimum Gasteiger partial charge on any atom is -0.350 e. The molecule has 1 aromatic heterocycles. The highest BCUT2D eigenvalue weighted by Crippen LogP contribution is 2.35. The highest BCUT2D eigenvalue weighted by molar-refractivity contribution is 5.91. The van der Waals surface area contributed by atoms with Crippen LogP contribution in [0, 0.1) is 11.3 Å². The first-order valence-electron chi connectivity index (χ1n) is 11.7. The van der Waals surface area contributed by atoms with Crippen LogP contribution in [-0.4, -0.2) is 39.6 Å².